The highest BCUT2D eigenvalue weighted by Gasteiger charge is 2.19. The van der Waals surface area contributed by atoms with Gasteiger partial charge in [-0.25, -0.2) is 4.98 Å². The van der Waals surface area contributed by atoms with Crippen LogP contribution in [0.1, 0.15) is 18.0 Å². The lowest BCUT2D eigenvalue weighted by atomic mass is 10.1. The van der Waals surface area contributed by atoms with E-state index in [4.69, 9.17) is 5.73 Å². The van der Waals surface area contributed by atoms with Crippen molar-refractivity contribution in [1.82, 2.24) is 19.9 Å². The predicted octanol–water partition coefficient (Wildman–Crippen LogP) is 0.388. The molecule has 1 atom stereocenters. The number of rotatable bonds is 1. The molecule has 0 aliphatic carbocycles. The number of nitrogen functional groups attached to an aromatic ring is 1. The largest absolute Gasteiger partial charge is 0.384 e. The van der Waals surface area contributed by atoms with Crippen molar-refractivity contribution < 1.29 is 0 Å². The molecule has 15 heavy (non-hydrogen) atoms. The van der Waals surface area contributed by atoms with Crippen LogP contribution in [-0.4, -0.2) is 27.7 Å². The third-order valence-corrected chi connectivity index (χ3v) is 2.88. The Balaban J connectivity index is 2.09. The maximum absolute atomic E-state index is 5.81. The Morgan fingerprint density at radius 1 is 1.53 bits per heavy atom. The average molecular weight is 203 g/mol. The highest BCUT2D eigenvalue weighted by molar-refractivity contribution is 5.46. The van der Waals surface area contributed by atoms with Crippen LogP contribution in [0, 0.1) is 0 Å². The monoisotopic (exact) mass is 203 g/mol. The number of fused-ring (bicyclic) bond motifs is 1. The third kappa shape index (κ3) is 1.35. The molecule has 2 aromatic heterocycles. The van der Waals surface area contributed by atoms with Crippen molar-refractivity contribution in [2.45, 2.75) is 12.3 Å². The molecule has 1 aliphatic rings. The molecule has 1 aliphatic heterocycles. The van der Waals surface area contributed by atoms with Gasteiger partial charge in [0.05, 0.1) is 5.69 Å². The Hall–Kier alpha value is -1.62. The lowest BCUT2D eigenvalue weighted by Crippen LogP contribution is -2.08. The van der Waals surface area contributed by atoms with Gasteiger partial charge in [-0.3, -0.25) is 0 Å². The van der Waals surface area contributed by atoms with E-state index in [9.17, 15) is 0 Å². The number of aromatic nitrogens is 3. The van der Waals surface area contributed by atoms with Crippen LogP contribution in [0.3, 0.4) is 0 Å². The van der Waals surface area contributed by atoms with Crippen molar-refractivity contribution >= 4 is 11.5 Å². The van der Waals surface area contributed by atoms with Crippen molar-refractivity contribution in [2.75, 3.05) is 18.8 Å². The van der Waals surface area contributed by atoms with Gasteiger partial charge < -0.3 is 11.1 Å². The summed E-state index contributed by atoms with van der Waals surface area (Å²) in [6.45, 7) is 2.07. The van der Waals surface area contributed by atoms with E-state index in [1.165, 1.54) is 0 Å². The summed E-state index contributed by atoms with van der Waals surface area (Å²) in [5.41, 5.74) is 7.73. The van der Waals surface area contributed by atoms with Crippen LogP contribution in [0.5, 0.6) is 0 Å². The zero-order chi connectivity index (χ0) is 10.3. The van der Waals surface area contributed by atoms with E-state index in [1.807, 2.05) is 6.07 Å². The summed E-state index contributed by atoms with van der Waals surface area (Å²) in [5.74, 6) is 1.14. The summed E-state index contributed by atoms with van der Waals surface area (Å²) < 4.78 is 1.70. The van der Waals surface area contributed by atoms with Gasteiger partial charge in [0.2, 0.25) is 0 Å². The zero-order valence-electron chi connectivity index (χ0n) is 8.35. The summed E-state index contributed by atoms with van der Waals surface area (Å²) in [6.07, 6.45) is 2.85. The Labute approximate surface area is 87.3 Å². The van der Waals surface area contributed by atoms with Crippen LogP contribution < -0.4 is 11.1 Å². The molecule has 5 nitrogen and oxygen atoms in total. The molecule has 5 heteroatoms. The standard InChI is InChI=1S/C10H13N5/c11-9-2-4-13-10-5-8(14-15(9)10)7-1-3-12-6-7/h2,4-5,7,12H,1,3,6,11H2. The highest BCUT2D eigenvalue weighted by atomic mass is 15.3. The molecule has 1 fully saturated rings. The van der Waals surface area contributed by atoms with Gasteiger partial charge in [-0.1, -0.05) is 0 Å². The van der Waals surface area contributed by atoms with Crippen LogP contribution in [0.15, 0.2) is 18.3 Å². The van der Waals surface area contributed by atoms with Gasteiger partial charge >= 0.3 is 0 Å². The Morgan fingerprint density at radius 2 is 2.47 bits per heavy atom. The first-order valence-electron chi connectivity index (χ1n) is 5.15. The molecule has 1 unspecified atom stereocenters. The molecule has 0 radical (unpaired) electrons. The van der Waals surface area contributed by atoms with E-state index in [-0.39, 0.29) is 0 Å². The van der Waals surface area contributed by atoms with Gasteiger partial charge in [-0.2, -0.15) is 9.61 Å². The summed E-state index contributed by atoms with van der Waals surface area (Å²) in [4.78, 5) is 4.23. The number of hydrogen-bond acceptors (Lipinski definition) is 4. The predicted molar refractivity (Wildman–Crippen MR) is 57.6 cm³/mol. The summed E-state index contributed by atoms with van der Waals surface area (Å²) in [7, 11) is 0. The van der Waals surface area contributed by atoms with E-state index < -0.39 is 0 Å². The molecule has 3 N–H and O–H groups in total. The summed E-state index contributed by atoms with van der Waals surface area (Å²) in [6, 6.07) is 3.78. The molecule has 0 amide bonds. The maximum atomic E-state index is 5.81. The van der Waals surface area contributed by atoms with E-state index in [1.54, 1.807) is 16.8 Å². The Bertz CT molecular complexity index is 484. The lowest BCUT2D eigenvalue weighted by molar-refractivity contribution is 0.719. The zero-order valence-corrected chi connectivity index (χ0v) is 8.35. The van der Waals surface area contributed by atoms with Crippen molar-refractivity contribution in [3.8, 4) is 0 Å². The van der Waals surface area contributed by atoms with Gasteiger partial charge in [0, 0.05) is 24.7 Å². The molecule has 0 aromatic carbocycles. The number of nitrogens with zero attached hydrogens (tertiary/aromatic N) is 3. The molecule has 0 spiro atoms. The fraction of sp³-hybridized carbons (Fsp3) is 0.400. The van der Waals surface area contributed by atoms with Crippen molar-refractivity contribution in [3.63, 3.8) is 0 Å². The van der Waals surface area contributed by atoms with Crippen molar-refractivity contribution in [2.24, 2.45) is 0 Å². The topological polar surface area (TPSA) is 68.2 Å². The van der Waals surface area contributed by atoms with Gasteiger partial charge in [-0.05, 0) is 19.0 Å². The Kier molecular flexibility index (Phi) is 1.85. The molecule has 3 heterocycles. The van der Waals surface area contributed by atoms with Gasteiger partial charge in [0.1, 0.15) is 5.82 Å². The highest BCUT2D eigenvalue weighted by Crippen LogP contribution is 2.22. The van der Waals surface area contributed by atoms with Gasteiger partial charge in [0.25, 0.3) is 0 Å². The number of hydrogen-bond donors (Lipinski definition) is 2. The maximum Gasteiger partial charge on any atom is 0.157 e. The summed E-state index contributed by atoms with van der Waals surface area (Å²) in [5, 5.41) is 7.81. The fourth-order valence-electron chi connectivity index (χ4n) is 2.04. The first kappa shape index (κ1) is 8.67. The second-order valence-electron chi connectivity index (χ2n) is 3.90. The number of anilines is 1. The van der Waals surface area contributed by atoms with Crippen molar-refractivity contribution in [3.05, 3.63) is 24.0 Å². The van der Waals surface area contributed by atoms with Crippen LogP contribution >= 0.6 is 0 Å². The normalized spacial score (nSPS) is 21.2. The lowest BCUT2D eigenvalue weighted by Gasteiger charge is -2.01. The van der Waals surface area contributed by atoms with Gasteiger partial charge in [0.15, 0.2) is 5.65 Å². The Morgan fingerprint density at radius 3 is 3.20 bits per heavy atom. The quantitative estimate of drug-likeness (QED) is 0.703. The van der Waals surface area contributed by atoms with Crippen LogP contribution in [0.2, 0.25) is 0 Å². The number of nitrogens with two attached hydrogens (primary N) is 1. The molecule has 78 valence electrons. The second kappa shape index (κ2) is 3.20. The van der Waals surface area contributed by atoms with Crippen LogP contribution in [0.4, 0.5) is 5.82 Å². The third-order valence-electron chi connectivity index (χ3n) is 2.88. The molecule has 3 rings (SSSR count). The molecule has 0 saturated carbocycles. The molecule has 0 bridgehead atoms. The van der Waals surface area contributed by atoms with E-state index >= 15 is 0 Å². The smallest absolute Gasteiger partial charge is 0.157 e. The summed E-state index contributed by atoms with van der Waals surface area (Å²) >= 11 is 0. The van der Waals surface area contributed by atoms with E-state index in [0.29, 0.717) is 11.7 Å². The average Bonchev–Trinajstić information content (AvgIpc) is 2.86. The van der Waals surface area contributed by atoms with E-state index in [2.05, 4.69) is 15.4 Å². The molecular formula is C10H13N5. The molecule has 2 aromatic rings. The minimum absolute atomic E-state index is 0.506. The fourth-order valence-corrected chi connectivity index (χ4v) is 2.04. The second-order valence-corrected chi connectivity index (χ2v) is 3.90. The van der Waals surface area contributed by atoms with E-state index in [0.717, 1.165) is 30.9 Å². The first-order valence-corrected chi connectivity index (χ1v) is 5.15. The van der Waals surface area contributed by atoms with Crippen LogP contribution in [0.25, 0.3) is 5.65 Å². The van der Waals surface area contributed by atoms with Crippen molar-refractivity contribution in [1.29, 1.82) is 0 Å². The minimum Gasteiger partial charge on any atom is -0.384 e. The minimum atomic E-state index is 0.506. The molecular weight excluding hydrogens is 190 g/mol. The van der Waals surface area contributed by atoms with Gasteiger partial charge in [-0.15, -0.1) is 0 Å². The SMILES string of the molecule is Nc1ccnc2cc(C3CCNC3)nn12. The number of nitrogens with one attached hydrogen (secondary N) is 1. The van der Waals surface area contributed by atoms with Crippen LogP contribution in [-0.2, 0) is 0 Å². The first-order chi connectivity index (χ1) is 7.34. The molecule has 1 saturated heterocycles.